The van der Waals surface area contributed by atoms with Crippen molar-refractivity contribution in [3.63, 3.8) is 0 Å². The number of hydrogen-bond donors (Lipinski definition) is 0. The van der Waals surface area contributed by atoms with Gasteiger partial charge in [0.2, 0.25) is 0 Å². The maximum atomic E-state index is 13.1. The van der Waals surface area contributed by atoms with Crippen LogP contribution in [-0.2, 0) is 16.8 Å². The van der Waals surface area contributed by atoms with Gasteiger partial charge in [0.1, 0.15) is 0 Å². The Hall–Kier alpha value is -3.08. The second kappa shape index (κ2) is 9.65. The van der Waals surface area contributed by atoms with Gasteiger partial charge in [0.15, 0.2) is 0 Å². The van der Waals surface area contributed by atoms with Crippen LogP contribution in [0.15, 0.2) is 48.5 Å². The summed E-state index contributed by atoms with van der Waals surface area (Å²) in [5.41, 5.74) is 1.65. The van der Waals surface area contributed by atoms with Gasteiger partial charge >= 0.3 is 0 Å². The quantitative estimate of drug-likeness (QED) is 0.559. The van der Waals surface area contributed by atoms with Crippen LogP contribution in [0.3, 0.4) is 0 Å². The molecule has 4 rings (SSSR count). The summed E-state index contributed by atoms with van der Waals surface area (Å²) in [4.78, 5) is 41.6. The largest absolute Gasteiger partial charge is 0.336 e. The van der Waals surface area contributed by atoms with E-state index in [1.807, 2.05) is 30.3 Å². The lowest BCUT2D eigenvalue weighted by Crippen LogP contribution is -2.54. The number of imide groups is 1. The van der Waals surface area contributed by atoms with Crippen molar-refractivity contribution in [2.45, 2.75) is 20.4 Å². The zero-order valence-electron chi connectivity index (χ0n) is 19.3. The number of fused-ring (bicyclic) bond motifs is 1. The predicted octanol–water partition coefficient (Wildman–Crippen LogP) is 1.83. The first-order valence-corrected chi connectivity index (χ1v) is 12.8. The standard InChI is InChI=1S/C24H28N4O5S/c1-3-26(4-2)34(32,33)27-14-12-25(13-15-27)22(29)19-10-11-20-21(16-19)24(31)28(23(20)30)17-18-8-6-5-7-9-18/h5-11,16H,3-4,12-15,17H2,1-2H3. The predicted molar refractivity (Wildman–Crippen MR) is 126 cm³/mol. The van der Waals surface area contributed by atoms with Crippen LogP contribution in [0.4, 0.5) is 0 Å². The maximum absolute atomic E-state index is 13.1. The molecule has 3 amide bonds. The topological polar surface area (TPSA) is 98.3 Å². The fourth-order valence-corrected chi connectivity index (χ4v) is 5.95. The van der Waals surface area contributed by atoms with E-state index in [1.54, 1.807) is 24.8 Å². The molecule has 1 fully saturated rings. The van der Waals surface area contributed by atoms with Crippen molar-refractivity contribution in [2.75, 3.05) is 39.3 Å². The molecule has 0 bridgehead atoms. The molecule has 2 heterocycles. The summed E-state index contributed by atoms with van der Waals surface area (Å²) >= 11 is 0. The van der Waals surface area contributed by atoms with Crippen molar-refractivity contribution in [3.05, 3.63) is 70.8 Å². The van der Waals surface area contributed by atoms with Gasteiger partial charge in [0.25, 0.3) is 27.9 Å². The molecule has 0 radical (unpaired) electrons. The summed E-state index contributed by atoms with van der Waals surface area (Å²) in [6, 6.07) is 13.8. The fourth-order valence-electron chi connectivity index (χ4n) is 4.35. The van der Waals surface area contributed by atoms with Crippen molar-refractivity contribution in [1.82, 2.24) is 18.4 Å². The van der Waals surface area contributed by atoms with Gasteiger partial charge in [-0.05, 0) is 23.8 Å². The minimum absolute atomic E-state index is 0.166. The van der Waals surface area contributed by atoms with E-state index in [0.29, 0.717) is 18.7 Å². The summed E-state index contributed by atoms with van der Waals surface area (Å²) in [7, 11) is -3.55. The highest BCUT2D eigenvalue weighted by atomic mass is 32.2. The third kappa shape index (κ3) is 4.36. The van der Waals surface area contributed by atoms with E-state index < -0.39 is 16.1 Å². The van der Waals surface area contributed by atoms with Gasteiger partial charge in [0.05, 0.1) is 17.7 Å². The summed E-state index contributed by atoms with van der Waals surface area (Å²) in [5.74, 6) is -1.09. The van der Waals surface area contributed by atoms with Crippen LogP contribution in [0.2, 0.25) is 0 Å². The van der Waals surface area contributed by atoms with E-state index in [9.17, 15) is 22.8 Å². The molecule has 2 aromatic carbocycles. The van der Waals surface area contributed by atoms with E-state index in [4.69, 9.17) is 0 Å². The molecule has 0 spiro atoms. The molecular formula is C24H28N4O5S. The number of piperazine rings is 1. The molecule has 10 heteroatoms. The number of hydrogen-bond acceptors (Lipinski definition) is 5. The maximum Gasteiger partial charge on any atom is 0.282 e. The van der Waals surface area contributed by atoms with Crippen molar-refractivity contribution < 1.29 is 22.8 Å². The second-order valence-electron chi connectivity index (χ2n) is 8.23. The zero-order chi connectivity index (χ0) is 24.5. The number of carbonyl (C=O) groups is 3. The first-order valence-electron chi connectivity index (χ1n) is 11.4. The molecule has 0 aromatic heterocycles. The third-order valence-corrected chi connectivity index (χ3v) is 8.47. The molecule has 0 saturated carbocycles. The first-order chi connectivity index (χ1) is 16.3. The minimum Gasteiger partial charge on any atom is -0.336 e. The molecule has 1 saturated heterocycles. The Labute approximate surface area is 199 Å². The second-order valence-corrected chi connectivity index (χ2v) is 10.2. The number of rotatable bonds is 7. The van der Waals surface area contributed by atoms with Crippen molar-refractivity contribution in [2.24, 2.45) is 0 Å². The zero-order valence-corrected chi connectivity index (χ0v) is 20.1. The summed E-state index contributed by atoms with van der Waals surface area (Å²) in [5, 5.41) is 0. The lowest BCUT2D eigenvalue weighted by Gasteiger charge is -2.36. The summed E-state index contributed by atoms with van der Waals surface area (Å²) in [6.45, 7) is 5.45. The van der Waals surface area contributed by atoms with E-state index >= 15 is 0 Å². The Morgan fingerprint density at radius 2 is 1.50 bits per heavy atom. The Morgan fingerprint density at radius 3 is 2.12 bits per heavy atom. The van der Waals surface area contributed by atoms with E-state index in [1.165, 1.54) is 25.6 Å². The molecule has 2 aliphatic rings. The number of nitrogens with zero attached hydrogens (tertiary/aromatic N) is 4. The van der Waals surface area contributed by atoms with Crippen molar-refractivity contribution in [3.8, 4) is 0 Å². The van der Waals surface area contributed by atoms with Crippen LogP contribution in [0.5, 0.6) is 0 Å². The number of benzene rings is 2. The highest BCUT2D eigenvalue weighted by molar-refractivity contribution is 7.86. The lowest BCUT2D eigenvalue weighted by molar-refractivity contribution is 0.0641. The molecule has 2 aromatic rings. The van der Waals surface area contributed by atoms with Crippen LogP contribution < -0.4 is 0 Å². The van der Waals surface area contributed by atoms with Crippen LogP contribution >= 0.6 is 0 Å². The van der Waals surface area contributed by atoms with Crippen LogP contribution in [0, 0.1) is 0 Å². The molecule has 0 aliphatic carbocycles. The van der Waals surface area contributed by atoms with Gasteiger partial charge in [-0.3, -0.25) is 19.3 Å². The van der Waals surface area contributed by atoms with Crippen molar-refractivity contribution >= 4 is 27.9 Å². The monoisotopic (exact) mass is 484 g/mol. The molecule has 2 aliphatic heterocycles. The molecular weight excluding hydrogens is 456 g/mol. The van der Waals surface area contributed by atoms with Crippen molar-refractivity contribution in [1.29, 1.82) is 0 Å². The SMILES string of the molecule is CCN(CC)S(=O)(=O)N1CCN(C(=O)c2ccc3c(c2)C(=O)N(Cc2ccccc2)C3=O)CC1. The van der Waals surface area contributed by atoms with Crippen LogP contribution in [0.1, 0.15) is 50.5 Å². The number of carbonyl (C=O) groups excluding carboxylic acids is 3. The Kier molecular flexibility index (Phi) is 6.83. The Balaban J connectivity index is 1.46. The van der Waals surface area contributed by atoms with Crippen LogP contribution in [-0.4, -0.2) is 83.8 Å². The normalized spacial score (nSPS) is 16.9. The minimum atomic E-state index is -3.55. The fraction of sp³-hybridized carbons (Fsp3) is 0.375. The van der Waals surface area contributed by atoms with Gasteiger partial charge in [-0.2, -0.15) is 17.0 Å². The molecule has 9 nitrogen and oxygen atoms in total. The van der Waals surface area contributed by atoms with Crippen LogP contribution in [0.25, 0.3) is 0 Å². The van der Waals surface area contributed by atoms with Gasteiger partial charge in [-0.25, -0.2) is 0 Å². The smallest absolute Gasteiger partial charge is 0.282 e. The highest BCUT2D eigenvalue weighted by Crippen LogP contribution is 2.26. The molecule has 0 unspecified atom stereocenters. The highest BCUT2D eigenvalue weighted by Gasteiger charge is 2.37. The molecule has 180 valence electrons. The average molecular weight is 485 g/mol. The Bertz CT molecular complexity index is 1200. The van der Waals surface area contributed by atoms with E-state index in [-0.39, 0.29) is 55.7 Å². The van der Waals surface area contributed by atoms with Gasteiger partial charge in [0, 0.05) is 44.8 Å². The molecule has 0 N–H and O–H groups in total. The van der Waals surface area contributed by atoms with Gasteiger partial charge in [-0.1, -0.05) is 44.2 Å². The third-order valence-electron chi connectivity index (χ3n) is 6.28. The average Bonchev–Trinajstić information content (AvgIpc) is 3.09. The number of amides is 3. The first kappa shape index (κ1) is 24.1. The van der Waals surface area contributed by atoms with Gasteiger partial charge < -0.3 is 4.90 Å². The molecule has 0 atom stereocenters. The summed E-state index contributed by atoms with van der Waals surface area (Å²) < 4.78 is 28.2. The Morgan fingerprint density at radius 1 is 0.882 bits per heavy atom. The van der Waals surface area contributed by atoms with E-state index in [2.05, 4.69) is 0 Å². The molecule has 34 heavy (non-hydrogen) atoms. The lowest BCUT2D eigenvalue weighted by atomic mass is 10.0. The van der Waals surface area contributed by atoms with E-state index in [0.717, 1.165) is 5.56 Å². The van der Waals surface area contributed by atoms with Gasteiger partial charge in [-0.15, -0.1) is 0 Å². The summed E-state index contributed by atoms with van der Waals surface area (Å²) in [6.07, 6.45) is 0.